The summed E-state index contributed by atoms with van der Waals surface area (Å²) in [5.74, 6) is -0.0190. The van der Waals surface area contributed by atoms with E-state index in [0.717, 1.165) is 14.8 Å². The third-order valence-electron chi connectivity index (χ3n) is 1.65. The van der Waals surface area contributed by atoms with Gasteiger partial charge >= 0.3 is 0 Å². The molecule has 1 aliphatic rings. The second-order valence-corrected chi connectivity index (χ2v) is 4.21. The second-order valence-electron chi connectivity index (χ2n) is 2.49. The molecule has 0 radical (unpaired) electrons. The molecule has 2 rings (SSSR count). The molecule has 1 aromatic heterocycles. The van der Waals surface area contributed by atoms with E-state index >= 15 is 0 Å². The zero-order valence-corrected chi connectivity index (χ0v) is 7.71. The molecule has 1 aromatic rings. The van der Waals surface area contributed by atoms with E-state index in [-0.39, 0.29) is 5.91 Å². The van der Waals surface area contributed by atoms with Gasteiger partial charge in [0.25, 0.3) is 0 Å². The highest BCUT2D eigenvalue weighted by Crippen LogP contribution is 2.28. The zero-order valence-electron chi connectivity index (χ0n) is 6.13. The fraction of sp³-hybridized carbons (Fsp3) is 0.125. The molecule has 1 N–H and O–H groups in total. The molecule has 1 aliphatic heterocycles. The van der Waals surface area contributed by atoms with Crippen LogP contribution < -0.4 is 5.32 Å². The minimum absolute atomic E-state index is 0.0190. The third kappa shape index (κ3) is 1.38. The Labute approximate surface area is 78.9 Å². The van der Waals surface area contributed by atoms with Gasteiger partial charge in [0.1, 0.15) is 0 Å². The molecule has 4 heteroatoms. The van der Waals surface area contributed by atoms with Gasteiger partial charge in [0, 0.05) is 17.5 Å². The Hall–Kier alpha value is -0.800. The molecule has 0 spiro atoms. The van der Waals surface area contributed by atoms with Crippen molar-refractivity contribution >= 4 is 34.4 Å². The quantitative estimate of drug-likeness (QED) is 0.736. The first-order chi connectivity index (χ1) is 5.75. The van der Waals surface area contributed by atoms with Crippen molar-refractivity contribution in [2.24, 2.45) is 0 Å². The topological polar surface area (TPSA) is 29.1 Å². The second kappa shape index (κ2) is 2.92. The van der Waals surface area contributed by atoms with Crippen LogP contribution in [0.4, 0.5) is 0 Å². The molecule has 12 heavy (non-hydrogen) atoms. The first-order valence-corrected chi connectivity index (χ1v) is 4.69. The van der Waals surface area contributed by atoms with Gasteiger partial charge in [0.15, 0.2) is 0 Å². The molecular formula is C8H6ClNOS. The molecule has 62 valence electrons. The molecule has 1 amide bonds. The average Bonchev–Trinajstić information content (AvgIpc) is 2.58. The third-order valence-corrected chi connectivity index (χ3v) is 2.95. The smallest absolute Gasteiger partial charge is 0.244 e. The maximum Gasteiger partial charge on any atom is 0.244 e. The maximum atomic E-state index is 10.8. The number of hydrogen-bond donors (Lipinski definition) is 1. The van der Waals surface area contributed by atoms with Crippen molar-refractivity contribution in [3.63, 3.8) is 0 Å². The lowest BCUT2D eigenvalue weighted by Gasteiger charge is -1.93. The van der Waals surface area contributed by atoms with Gasteiger partial charge in [0.05, 0.1) is 4.34 Å². The fourth-order valence-corrected chi connectivity index (χ4v) is 2.14. The van der Waals surface area contributed by atoms with Crippen LogP contribution in [-0.2, 0) is 4.79 Å². The molecule has 0 aliphatic carbocycles. The predicted octanol–water partition coefficient (Wildman–Crippen LogP) is 1.91. The van der Waals surface area contributed by atoms with Gasteiger partial charge in [-0.15, -0.1) is 11.3 Å². The lowest BCUT2D eigenvalue weighted by Crippen LogP contribution is -2.14. The largest absolute Gasteiger partial charge is 0.348 e. The van der Waals surface area contributed by atoms with Crippen molar-refractivity contribution in [3.8, 4) is 0 Å². The minimum atomic E-state index is -0.0190. The first-order valence-electron chi connectivity index (χ1n) is 3.50. The molecule has 0 bridgehead atoms. The summed E-state index contributed by atoms with van der Waals surface area (Å²) in [5, 5.41) is 2.71. The Balaban J connectivity index is 2.32. The number of hydrogen-bond acceptors (Lipinski definition) is 2. The number of amides is 1. The molecule has 0 saturated carbocycles. The zero-order chi connectivity index (χ0) is 8.55. The summed E-state index contributed by atoms with van der Waals surface area (Å²) < 4.78 is 0.755. The van der Waals surface area contributed by atoms with Crippen molar-refractivity contribution in [1.82, 2.24) is 5.32 Å². The van der Waals surface area contributed by atoms with Crippen LogP contribution in [-0.4, -0.2) is 12.5 Å². The lowest BCUT2D eigenvalue weighted by molar-refractivity contribution is -0.115. The van der Waals surface area contributed by atoms with Gasteiger partial charge in [-0.1, -0.05) is 11.6 Å². The summed E-state index contributed by atoms with van der Waals surface area (Å²) >= 11 is 7.25. The van der Waals surface area contributed by atoms with Crippen LogP contribution in [0.15, 0.2) is 18.2 Å². The molecule has 0 saturated heterocycles. The first kappa shape index (κ1) is 7.83. The fourth-order valence-electron chi connectivity index (χ4n) is 1.09. The Morgan fingerprint density at radius 3 is 2.83 bits per heavy atom. The Bertz CT molecular complexity index is 356. The summed E-state index contributed by atoms with van der Waals surface area (Å²) in [6.07, 6.45) is 1.61. The highest BCUT2D eigenvalue weighted by Gasteiger charge is 2.13. The molecular weight excluding hydrogens is 194 g/mol. The number of rotatable bonds is 1. The highest BCUT2D eigenvalue weighted by molar-refractivity contribution is 7.17. The summed E-state index contributed by atoms with van der Waals surface area (Å²) in [4.78, 5) is 11.9. The van der Waals surface area contributed by atoms with Crippen molar-refractivity contribution in [1.29, 1.82) is 0 Å². The van der Waals surface area contributed by atoms with Crippen LogP contribution in [0, 0.1) is 0 Å². The Morgan fingerprint density at radius 2 is 2.33 bits per heavy atom. The van der Waals surface area contributed by atoms with E-state index in [0.29, 0.717) is 6.54 Å². The SMILES string of the molecule is O=C1C=C(c2ccc(Cl)s2)CN1. The van der Waals surface area contributed by atoms with E-state index in [1.165, 1.54) is 11.3 Å². The van der Waals surface area contributed by atoms with Crippen LogP contribution >= 0.6 is 22.9 Å². The van der Waals surface area contributed by atoms with Crippen LogP contribution in [0.5, 0.6) is 0 Å². The van der Waals surface area contributed by atoms with Crippen molar-refractivity contribution in [2.45, 2.75) is 0 Å². The normalized spacial score (nSPS) is 16.1. The number of halogens is 1. The van der Waals surface area contributed by atoms with Crippen molar-refractivity contribution < 1.29 is 4.79 Å². The van der Waals surface area contributed by atoms with Crippen LogP contribution in [0.25, 0.3) is 5.57 Å². The van der Waals surface area contributed by atoms with Crippen molar-refractivity contribution in [3.05, 3.63) is 27.4 Å². The predicted molar refractivity (Wildman–Crippen MR) is 50.3 cm³/mol. The van der Waals surface area contributed by atoms with E-state index in [2.05, 4.69) is 5.32 Å². The van der Waals surface area contributed by atoms with Gasteiger partial charge in [-0.05, 0) is 17.7 Å². The maximum absolute atomic E-state index is 10.8. The number of carbonyl (C=O) groups excluding carboxylic acids is 1. The highest BCUT2D eigenvalue weighted by atomic mass is 35.5. The van der Waals surface area contributed by atoms with Gasteiger partial charge < -0.3 is 5.32 Å². The van der Waals surface area contributed by atoms with E-state index in [9.17, 15) is 4.79 Å². The van der Waals surface area contributed by atoms with E-state index in [1.807, 2.05) is 12.1 Å². The molecule has 2 heterocycles. The van der Waals surface area contributed by atoms with Gasteiger partial charge in [-0.3, -0.25) is 4.79 Å². The lowest BCUT2D eigenvalue weighted by atomic mass is 10.2. The van der Waals surface area contributed by atoms with E-state index < -0.39 is 0 Å². The Kier molecular flexibility index (Phi) is 1.90. The number of carbonyl (C=O) groups is 1. The molecule has 0 aromatic carbocycles. The molecule has 0 fully saturated rings. The minimum Gasteiger partial charge on any atom is -0.348 e. The van der Waals surface area contributed by atoms with E-state index in [1.54, 1.807) is 6.08 Å². The van der Waals surface area contributed by atoms with Crippen LogP contribution in [0.1, 0.15) is 4.88 Å². The molecule has 0 unspecified atom stereocenters. The summed E-state index contributed by atoms with van der Waals surface area (Å²) in [7, 11) is 0. The van der Waals surface area contributed by atoms with Gasteiger partial charge in [-0.25, -0.2) is 0 Å². The molecule has 0 atom stereocenters. The van der Waals surface area contributed by atoms with E-state index in [4.69, 9.17) is 11.6 Å². The average molecular weight is 200 g/mol. The summed E-state index contributed by atoms with van der Waals surface area (Å²) in [6, 6.07) is 3.77. The van der Waals surface area contributed by atoms with Gasteiger partial charge in [0.2, 0.25) is 5.91 Å². The molecule has 2 nitrogen and oxygen atoms in total. The number of nitrogens with one attached hydrogen (secondary N) is 1. The summed E-state index contributed by atoms with van der Waals surface area (Å²) in [5.41, 5.74) is 1.02. The van der Waals surface area contributed by atoms with Crippen molar-refractivity contribution in [2.75, 3.05) is 6.54 Å². The Morgan fingerprint density at radius 1 is 1.50 bits per heavy atom. The monoisotopic (exact) mass is 199 g/mol. The number of thiophene rings is 1. The van der Waals surface area contributed by atoms with Gasteiger partial charge in [-0.2, -0.15) is 0 Å². The standard InChI is InChI=1S/C8H6ClNOS/c9-7-2-1-6(12-7)5-3-8(11)10-4-5/h1-3H,4H2,(H,10,11). The van der Waals surface area contributed by atoms with Crippen LogP contribution in [0.2, 0.25) is 4.34 Å². The summed E-state index contributed by atoms with van der Waals surface area (Å²) in [6.45, 7) is 0.621. The van der Waals surface area contributed by atoms with Crippen LogP contribution in [0.3, 0.4) is 0 Å².